The van der Waals surface area contributed by atoms with Crippen LogP contribution in [0.5, 0.6) is 17.2 Å². The van der Waals surface area contributed by atoms with Crippen LogP contribution in [0.3, 0.4) is 0 Å². The van der Waals surface area contributed by atoms with Gasteiger partial charge in [-0.05, 0) is 22.0 Å². The van der Waals surface area contributed by atoms with Crippen molar-refractivity contribution in [3.8, 4) is 17.2 Å². The van der Waals surface area contributed by atoms with Crippen LogP contribution in [0.4, 0.5) is 5.69 Å². The van der Waals surface area contributed by atoms with E-state index in [-0.39, 0.29) is 0 Å². The molecule has 1 aromatic carbocycles. The lowest BCUT2D eigenvalue weighted by atomic mass is 10.2. The summed E-state index contributed by atoms with van der Waals surface area (Å²) >= 11 is 3.40. The van der Waals surface area contributed by atoms with Gasteiger partial charge < -0.3 is 19.5 Å². The van der Waals surface area contributed by atoms with Crippen molar-refractivity contribution in [1.82, 2.24) is 0 Å². The Balaban J connectivity index is 3.44. The second kappa shape index (κ2) is 5.11. The van der Waals surface area contributed by atoms with E-state index in [2.05, 4.69) is 21.2 Å². The average Bonchev–Trinajstić information content (AvgIpc) is 2.27. The number of nitrogens with one attached hydrogen (secondary N) is 1. The summed E-state index contributed by atoms with van der Waals surface area (Å²) in [6.07, 6.45) is 0. The maximum absolute atomic E-state index is 5.27. The van der Waals surface area contributed by atoms with Crippen LogP contribution in [0.1, 0.15) is 0 Å². The standard InChI is InChI=1S/C10H14BrNO3/c1-12-7-5-6(11)8(13-2)10(15-4)9(7)14-3/h5,12H,1-4H3. The molecule has 4 nitrogen and oxygen atoms in total. The van der Waals surface area contributed by atoms with Crippen LogP contribution in [-0.4, -0.2) is 28.4 Å². The minimum Gasteiger partial charge on any atom is -0.492 e. The van der Waals surface area contributed by atoms with Crippen molar-refractivity contribution in [3.63, 3.8) is 0 Å². The minimum atomic E-state index is 0.568. The quantitative estimate of drug-likeness (QED) is 0.917. The molecule has 0 unspecified atom stereocenters. The van der Waals surface area contributed by atoms with Gasteiger partial charge in [-0.25, -0.2) is 0 Å². The number of hydrogen-bond donors (Lipinski definition) is 1. The molecule has 1 N–H and O–H groups in total. The van der Waals surface area contributed by atoms with E-state index in [4.69, 9.17) is 14.2 Å². The summed E-state index contributed by atoms with van der Waals surface area (Å²) in [5.41, 5.74) is 0.835. The number of rotatable bonds is 4. The number of halogens is 1. The highest BCUT2D eigenvalue weighted by atomic mass is 79.9. The van der Waals surface area contributed by atoms with Gasteiger partial charge in [-0.3, -0.25) is 0 Å². The Morgan fingerprint density at radius 3 is 1.93 bits per heavy atom. The minimum absolute atomic E-state index is 0.568. The fraction of sp³-hybridized carbons (Fsp3) is 0.400. The van der Waals surface area contributed by atoms with E-state index < -0.39 is 0 Å². The molecule has 0 radical (unpaired) electrons. The lowest BCUT2D eigenvalue weighted by molar-refractivity contribution is 0.324. The van der Waals surface area contributed by atoms with Gasteiger partial charge in [0.2, 0.25) is 5.75 Å². The van der Waals surface area contributed by atoms with Gasteiger partial charge in [0.1, 0.15) is 0 Å². The predicted octanol–water partition coefficient (Wildman–Crippen LogP) is 2.52. The molecule has 1 rings (SSSR count). The lowest BCUT2D eigenvalue weighted by Gasteiger charge is -2.16. The van der Waals surface area contributed by atoms with Gasteiger partial charge in [0, 0.05) is 7.05 Å². The Bertz CT molecular complexity index is 355. The molecule has 15 heavy (non-hydrogen) atoms. The molecule has 0 bridgehead atoms. The lowest BCUT2D eigenvalue weighted by Crippen LogP contribution is -2.00. The first kappa shape index (κ1) is 12.0. The zero-order chi connectivity index (χ0) is 11.4. The maximum Gasteiger partial charge on any atom is 0.206 e. The fourth-order valence-electron chi connectivity index (χ4n) is 1.36. The van der Waals surface area contributed by atoms with Crippen molar-refractivity contribution in [3.05, 3.63) is 10.5 Å². The molecule has 1 aromatic rings. The summed E-state index contributed by atoms with van der Waals surface area (Å²) in [5.74, 6) is 1.81. The molecule has 0 saturated carbocycles. The Labute approximate surface area is 97.6 Å². The van der Waals surface area contributed by atoms with Crippen LogP contribution in [0.25, 0.3) is 0 Å². The molecule has 0 amide bonds. The molecule has 84 valence electrons. The highest BCUT2D eigenvalue weighted by molar-refractivity contribution is 9.10. The Morgan fingerprint density at radius 1 is 1.00 bits per heavy atom. The molecule has 0 saturated heterocycles. The number of ether oxygens (including phenoxy) is 3. The average molecular weight is 276 g/mol. The molecule has 0 atom stereocenters. The largest absolute Gasteiger partial charge is 0.492 e. The normalized spacial score (nSPS) is 9.67. The highest BCUT2D eigenvalue weighted by Crippen LogP contribution is 2.47. The van der Waals surface area contributed by atoms with E-state index in [9.17, 15) is 0 Å². The molecule has 0 heterocycles. The molecule has 0 spiro atoms. The molecule has 0 fully saturated rings. The summed E-state index contributed by atoms with van der Waals surface area (Å²) in [6, 6.07) is 1.88. The van der Waals surface area contributed by atoms with Gasteiger partial charge in [0.15, 0.2) is 11.5 Å². The SMILES string of the molecule is CNc1cc(Br)c(OC)c(OC)c1OC. The monoisotopic (exact) mass is 275 g/mol. The second-order valence-corrected chi connectivity index (χ2v) is 3.61. The first-order valence-corrected chi connectivity index (χ1v) is 5.15. The summed E-state index contributed by atoms with van der Waals surface area (Å²) in [4.78, 5) is 0. The van der Waals surface area contributed by atoms with E-state index in [0.29, 0.717) is 17.2 Å². The van der Waals surface area contributed by atoms with Crippen LogP contribution in [0, 0.1) is 0 Å². The number of methoxy groups -OCH3 is 3. The number of anilines is 1. The summed E-state index contributed by atoms with van der Waals surface area (Å²) in [5, 5.41) is 3.02. The van der Waals surface area contributed by atoms with Crippen molar-refractivity contribution >= 4 is 21.6 Å². The highest BCUT2D eigenvalue weighted by Gasteiger charge is 2.18. The third kappa shape index (κ3) is 2.12. The van der Waals surface area contributed by atoms with E-state index in [0.717, 1.165) is 10.2 Å². The van der Waals surface area contributed by atoms with Crippen LogP contribution < -0.4 is 19.5 Å². The van der Waals surface area contributed by atoms with E-state index in [1.807, 2.05) is 13.1 Å². The molecular weight excluding hydrogens is 262 g/mol. The van der Waals surface area contributed by atoms with E-state index in [1.54, 1.807) is 21.3 Å². The molecule has 0 aliphatic carbocycles. The van der Waals surface area contributed by atoms with Crippen molar-refractivity contribution in [2.24, 2.45) is 0 Å². The van der Waals surface area contributed by atoms with Crippen LogP contribution in [-0.2, 0) is 0 Å². The van der Waals surface area contributed by atoms with Crippen molar-refractivity contribution < 1.29 is 14.2 Å². The van der Waals surface area contributed by atoms with E-state index in [1.165, 1.54) is 0 Å². The zero-order valence-corrected chi connectivity index (χ0v) is 10.8. The number of benzene rings is 1. The Kier molecular flexibility index (Phi) is 4.08. The smallest absolute Gasteiger partial charge is 0.206 e. The van der Waals surface area contributed by atoms with Gasteiger partial charge in [-0.15, -0.1) is 0 Å². The molecular formula is C10H14BrNO3. The van der Waals surface area contributed by atoms with Crippen molar-refractivity contribution in [2.45, 2.75) is 0 Å². The van der Waals surface area contributed by atoms with Gasteiger partial charge >= 0.3 is 0 Å². The first-order chi connectivity index (χ1) is 7.19. The maximum atomic E-state index is 5.27. The zero-order valence-electron chi connectivity index (χ0n) is 9.18. The third-order valence-electron chi connectivity index (χ3n) is 2.03. The topological polar surface area (TPSA) is 39.7 Å². The molecule has 0 aromatic heterocycles. The van der Waals surface area contributed by atoms with Crippen molar-refractivity contribution in [1.29, 1.82) is 0 Å². The summed E-state index contributed by atoms with van der Waals surface area (Å²) < 4.78 is 16.6. The van der Waals surface area contributed by atoms with Gasteiger partial charge in [-0.2, -0.15) is 0 Å². The molecule has 0 aliphatic heterocycles. The first-order valence-electron chi connectivity index (χ1n) is 4.35. The molecule has 5 heteroatoms. The Hall–Kier alpha value is -1.10. The predicted molar refractivity (Wildman–Crippen MR) is 63.3 cm³/mol. The third-order valence-corrected chi connectivity index (χ3v) is 2.62. The fourth-order valence-corrected chi connectivity index (χ4v) is 1.93. The summed E-state index contributed by atoms with van der Waals surface area (Å²) in [7, 11) is 6.57. The van der Waals surface area contributed by atoms with E-state index >= 15 is 0 Å². The van der Waals surface area contributed by atoms with Gasteiger partial charge in [-0.1, -0.05) is 0 Å². The molecule has 0 aliphatic rings. The Morgan fingerprint density at radius 2 is 1.53 bits per heavy atom. The van der Waals surface area contributed by atoms with Crippen LogP contribution in [0.15, 0.2) is 10.5 Å². The number of hydrogen-bond acceptors (Lipinski definition) is 4. The second-order valence-electron chi connectivity index (χ2n) is 2.76. The van der Waals surface area contributed by atoms with Crippen molar-refractivity contribution in [2.75, 3.05) is 33.7 Å². The van der Waals surface area contributed by atoms with Crippen LogP contribution >= 0.6 is 15.9 Å². The van der Waals surface area contributed by atoms with Gasteiger partial charge in [0.05, 0.1) is 31.5 Å². The summed E-state index contributed by atoms with van der Waals surface area (Å²) in [6.45, 7) is 0. The van der Waals surface area contributed by atoms with Gasteiger partial charge in [0.25, 0.3) is 0 Å². The van der Waals surface area contributed by atoms with Crippen LogP contribution in [0.2, 0.25) is 0 Å².